The lowest BCUT2D eigenvalue weighted by Gasteiger charge is -2.17. The number of nitrogens with zero attached hydrogens (tertiary/aromatic N) is 1. The second-order valence-electron chi connectivity index (χ2n) is 4.30. The highest BCUT2D eigenvalue weighted by atomic mass is 16.5. The Morgan fingerprint density at radius 3 is 2.00 bits per heavy atom. The van der Waals surface area contributed by atoms with Crippen LogP contribution in [0.2, 0.25) is 0 Å². The molecule has 0 aliphatic carbocycles. The molecular weight excluding hydrogens is 242 g/mol. The van der Waals surface area contributed by atoms with Crippen LogP contribution in [0.25, 0.3) is 0 Å². The molecule has 0 N–H and O–H groups in total. The lowest BCUT2D eigenvalue weighted by molar-refractivity contribution is 0.0966. The lowest BCUT2D eigenvalue weighted by Crippen LogP contribution is -2.25. The van der Waals surface area contributed by atoms with E-state index in [1.165, 1.54) is 0 Å². The second kappa shape index (κ2) is 7.79. The Bertz CT molecular complexity index is 392. The first kappa shape index (κ1) is 15.5. The third-order valence-electron chi connectivity index (χ3n) is 3.22. The summed E-state index contributed by atoms with van der Waals surface area (Å²) in [5.74, 6) is 1.40. The molecule has 19 heavy (non-hydrogen) atoms. The number of hydrogen-bond donors (Lipinski definition) is 0. The van der Waals surface area contributed by atoms with Gasteiger partial charge in [0.15, 0.2) is 5.78 Å². The molecule has 0 unspecified atom stereocenters. The first-order chi connectivity index (χ1) is 9.14. The Balaban J connectivity index is 2.75. The van der Waals surface area contributed by atoms with E-state index >= 15 is 0 Å². The zero-order valence-electron chi connectivity index (χ0n) is 12.2. The SMILES string of the molecule is CCN(CC)CCC(=O)c1cc(OC)cc(OC)c1. The van der Waals surface area contributed by atoms with Gasteiger partial charge in [0.1, 0.15) is 11.5 Å². The normalized spacial score (nSPS) is 10.6. The van der Waals surface area contributed by atoms with Gasteiger partial charge in [-0.05, 0) is 25.2 Å². The average molecular weight is 265 g/mol. The van der Waals surface area contributed by atoms with Gasteiger partial charge in [0.25, 0.3) is 0 Å². The maximum Gasteiger partial charge on any atom is 0.164 e. The van der Waals surface area contributed by atoms with Crippen molar-refractivity contribution >= 4 is 5.78 Å². The zero-order valence-corrected chi connectivity index (χ0v) is 12.2. The van der Waals surface area contributed by atoms with Crippen molar-refractivity contribution in [1.29, 1.82) is 0 Å². The maximum atomic E-state index is 12.2. The van der Waals surface area contributed by atoms with Crippen LogP contribution >= 0.6 is 0 Å². The van der Waals surface area contributed by atoms with Crippen molar-refractivity contribution in [2.45, 2.75) is 20.3 Å². The van der Waals surface area contributed by atoms with Crippen molar-refractivity contribution in [2.75, 3.05) is 33.9 Å². The summed E-state index contributed by atoms with van der Waals surface area (Å²) in [6.45, 7) is 6.91. The van der Waals surface area contributed by atoms with Gasteiger partial charge >= 0.3 is 0 Å². The molecule has 0 radical (unpaired) electrons. The molecule has 0 aliphatic heterocycles. The summed E-state index contributed by atoms with van der Waals surface area (Å²) in [6, 6.07) is 5.28. The Labute approximate surface area is 115 Å². The monoisotopic (exact) mass is 265 g/mol. The summed E-state index contributed by atoms with van der Waals surface area (Å²) in [5, 5.41) is 0. The van der Waals surface area contributed by atoms with Gasteiger partial charge in [0.05, 0.1) is 14.2 Å². The van der Waals surface area contributed by atoms with Crippen molar-refractivity contribution in [2.24, 2.45) is 0 Å². The fourth-order valence-corrected chi connectivity index (χ4v) is 1.91. The number of rotatable bonds is 8. The van der Waals surface area contributed by atoms with Crippen LogP contribution in [-0.2, 0) is 0 Å². The highest BCUT2D eigenvalue weighted by Gasteiger charge is 2.11. The largest absolute Gasteiger partial charge is 0.497 e. The number of carbonyl (C=O) groups is 1. The van der Waals surface area contributed by atoms with E-state index in [9.17, 15) is 4.79 Å². The molecule has 1 aromatic carbocycles. The van der Waals surface area contributed by atoms with Crippen LogP contribution in [-0.4, -0.2) is 44.5 Å². The molecule has 4 heteroatoms. The number of benzene rings is 1. The Morgan fingerprint density at radius 1 is 1.05 bits per heavy atom. The summed E-state index contributed by atoms with van der Waals surface area (Å²) in [5.41, 5.74) is 0.642. The zero-order chi connectivity index (χ0) is 14.3. The number of ether oxygens (including phenoxy) is 2. The van der Waals surface area contributed by atoms with Crippen LogP contribution in [0.3, 0.4) is 0 Å². The van der Waals surface area contributed by atoms with Gasteiger partial charge in [-0.2, -0.15) is 0 Å². The Kier molecular flexibility index (Phi) is 6.36. The minimum absolute atomic E-state index is 0.115. The van der Waals surface area contributed by atoms with Gasteiger partial charge in [-0.25, -0.2) is 0 Å². The molecule has 0 aliphatic rings. The number of ketones is 1. The quantitative estimate of drug-likeness (QED) is 0.677. The van der Waals surface area contributed by atoms with Crippen LogP contribution in [0.4, 0.5) is 0 Å². The molecule has 0 aromatic heterocycles. The van der Waals surface area contributed by atoms with E-state index in [4.69, 9.17) is 9.47 Å². The number of methoxy groups -OCH3 is 2. The van der Waals surface area contributed by atoms with E-state index in [-0.39, 0.29) is 5.78 Å². The Morgan fingerprint density at radius 2 is 1.58 bits per heavy atom. The highest BCUT2D eigenvalue weighted by Crippen LogP contribution is 2.23. The number of hydrogen-bond acceptors (Lipinski definition) is 4. The standard InChI is InChI=1S/C15H23NO3/c1-5-16(6-2)8-7-15(17)12-9-13(18-3)11-14(10-12)19-4/h9-11H,5-8H2,1-4H3. The molecule has 106 valence electrons. The van der Waals surface area contributed by atoms with Crippen LogP contribution in [0, 0.1) is 0 Å². The Hall–Kier alpha value is -1.55. The smallest absolute Gasteiger partial charge is 0.164 e. The number of carbonyl (C=O) groups excluding carboxylic acids is 1. The molecule has 0 saturated carbocycles. The summed E-state index contributed by atoms with van der Waals surface area (Å²) < 4.78 is 10.3. The second-order valence-corrected chi connectivity index (χ2v) is 4.30. The first-order valence-electron chi connectivity index (χ1n) is 6.63. The number of Topliss-reactive ketones (excluding diaryl/α,β-unsaturated/α-hetero) is 1. The highest BCUT2D eigenvalue weighted by molar-refractivity contribution is 5.97. The fraction of sp³-hybridized carbons (Fsp3) is 0.533. The third-order valence-corrected chi connectivity index (χ3v) is 3.22. The minimum atomic E-state index is 0.115. The van der Waals surface area contributed by atoms with Crippen molar-refractivity contribution in [3.63, 3.8) is 0 Å². The molecule has 4 nitrogen and oxygen atoms in total. The lowest BCUT2D eigenvalue weighted by atomic mass is 10.1. The van der Waals surface area contributed by atoms with Crippen LogP contribution in [0.1, 0.15) is 30.6 Å². The van der Waals surface area contributed by atoms with Crippen LogP contribution < -0.4 is 9.47 Å². The van der Waals surface area contributed by atoms with Gasteiger partial charge in [-0.1, -0.05) is 13.8 Å². The van der Waals surface area contributed by atoms with Crippen molar-refractivity contribution in [1.82, 2.24) is 4.90 Å². The van der Waals surface area contributed by atoms with Gasteiger partial charge < -0.3 is 14.4 Å². The van der Waals surface area contributed by atoms with Gasteiger partial charge in [-0.3, -0.25) is 4.79 Å². The average Bonchev–Trinajstić information content (AvgIpc) is 2.47. The van der Waals surface area contributed by atoms with E-state index in [0.29, 0.717) is 23.5 Å². The molecule has 1 aromatic rings. The van der Waals surface area contributed by atoms with E-state index in [1.807, 2.05) is 0 Å². The summed E-state index contributed by atoms with van der Waals surface area (Å²) in [6.07, 6.45) is 0.512. The first-order valence-corrected chi connectivity index (χ1v) is 6.63. The predicted octanol–water partition coefficient (Wildman–Crippen LogP) is 2.62. The van der Waals surface area contributed by atoms with Crippen LogP contribution in [0.5, 0.6) is 11.5 Å². The van der Waals surface area contributed by atoms with Gasteiger partial charge in [0, 0.05) is 24.6 Å². The van der Waals surface area contributed by atoms with Crippen molar-refractivity contribution < 1.29 is 14.3 Å². The fourth-order valence-electron chi connectivity index (χ4n) is 1.91. The topological polar surface area (TPSA) is 38.8 Å². The molecule has 0 spiro atoms. The molecule has 0 fully saturated rings. The van der Waals surface area contributed by atoms with E-state index in [2.05, 4.69) is 18.7 Å². The molecule has 0 amide bonds. The maximum absolute atomic E-state index is 12.2. The molecule has 1 rings (SSSR count). The summed E-state index contributed by atoms with van der Waals surface area (Å²) >= 11 is 0. The van der Waals surface area contributed by atoms with E-state index < -0.39 is 0 Å². The molecule has 0 bridgehead atoms. The summed E-state index contributed by atoms with van der Waals surface area (Å²) in [4.78, 5) is 14.4. The summed E-state index contributed by atoms with van der Waals surface area (Å²) in [7, 11) is 3.16. The molecular formula is C15H23NO3. The van der Waals surface area contributed by atoms with Crippen molar-refractivity contribution in [3.05, 3.63) is 23.8 Å². The minimum Gasteiger partial charge on any atom is -0.497 e. The van der Waals surface area contributed by atoms with Gasteiger partial charge in [0.2, 0.25) is 0 Å². The molecule has 0 saturated heterocycles. The van der Waals surface area contributed by atoms with Crippen LogP contribution in [0.15, 0.2) is 18.2 Å². The van der Waals surface area contributed by atoms with E-state index in [0.717, 1.165) is 19.6 Å². The van der Waals surface area contributed by atoms with E-state index in [1.54, 1.807) is 32.4 Å². The third kappa shape index (κ3) is 4.56. The van der Waals surface area contributed by atoms with Gasteiger partial charge in [-0.15, -0.1) is 0 Å². The van der Waals surface area contributed by atoms with Crippen molar-refractivity contribution in [3.8, 4) is 11.5 Å². The molecule has 0 heterocycles. The predicted molar refractivity (Wildman–Crippen MR) is 76.3 cm³/mol. The molecule has 0 atom stereocenters.